The van der Waals surface area contributed by atoms with Gasteiger partial charge in [-0.25, -0.2) is 0 Å². The minimum atomic E-state index is -0.996. The van der Waals surface area contributed by atoms with Crippen molar-refractivity contribution in [3.05, 3.63) is 23.8 Å². The standard InChI is InChI=1S/C20H25NO6/c1-25-12-20(19(23)24)5-2-6-21(11-20)18(22)15-10-14(15)13-3-4-16-17(9-13)27-8-7-26-16/h3-4,9,14-15H,2,5-8,10-12H2,1H3,(H,23,24). The van der Waals surface area contributed by atoms with E-state index in [-0.39, 0.29) is 30.9 Å². The molecule has 2 heterocycles. The smallest absolute Gasteiger partial charge is 0.313 e. The number of aliphatic carboxylic acids is 1. The van der Waals surface area contributed by atoms with E-state index in [9.17, 15) is 14.7 Å². The molecule has 7 nitrogen and oxygen atoms in total. The zero-order valence-corrected chi connectivity index (χ0v) is 15.5. The van der Waals surface area contributed by atoms with Crippen molar-refractivity contribution >= 4 is 11.9 Å². The molecule has 3 atom stereocenters. The van der Waals surface area contributed by atoms with Crippen molar-refractivity contribution in [3.63, 3.8) is 0 Å². The number of hydrogen-bond donors (Lipinski definition) is 1. The molecule has 3 unspecified atom stereocenters. The monoisotopic (exact) mass is 375 g/mol. The third-order valence-corrected chi connectivity index (χ3v) is 5.86. The first kappa shape index (κ1) is 18.1. The Labute approximate surface area is 158 Å². The minimum Gasteiger partial charge on any atom is -0.486 e. The molecule has 0 spiro atoms. The van der Waals surface area contributed by atoms with E-state index < -0.39 is 11.4 Å². The lowest BCUT2D eigenvalue weighted by molar-refractivity contribution is -0.159. The van der Waals surface area contributed by atoms with E-state index in [1.807, 2.05) is 18.2 Å². The van der Waals surface area contributed by atoms with E-state index in [4.69, 9.17) is 14.2 Å². The number of carbonyl (C=O) groups is 2. The maximum absolute atomic E-state index is 13.0. The topological polar surface area (TPSA) is 85.3 Å². The average molecular weight is 375 g/mol. The number of piperidine rings is 1. The molecule has 7 heteroatoms. The Bertz CT molecular complexity index is 746. The maximum Gasteiger partial charge on any atom is 0.313 e. The molecule has 4 rings (SSSR count). The summed E-state index contributed by atoms with van der Waals surface area (Å²) in [4.78, 5) is 26.5. The van der Waals surface area contributed by atoms with Gasteiger partial charge in [0.25, 0.3) is 0 Å². The van der Waals surface area contributed by atoms with Crippen molar-refractivity contribution < 1.29 is 28.9 Å². The number of hydrogen-bond acceptors (Lipinski definition) is 5. The van der Waals surface area contributed by atoms with Crippen molar-refractivity contribution in [1.82, 2.24) is 4.90 Å². The Morgan fingerprint density at radius 2 is 2.07 bits per heavy atom. The van der Waals surface area contributed by atoms with Gasteiger partial charge >= 0.3 is 5.97 Å². The van der Waals surface area contributed by atoms with Crippen LogP contribution in [-0.2, 0) is 14.3 Å². The van der Waals surface area contributed by atoms with Crippen LogP contribution in [0.2, 0.25) is 0 Å². The normalized spacial score (nSPS) is 29.3. The van der Waals surface area contributed by atoms with Gasteiger partial charge in [0.15, 0.2) is 11.5 Å². The lowest BCUT2D eigenvalue weighted by atomic mass is 9.80. The number of likely N-dealkylation sites (tertiary alicyclic amines) is 1. The second-order valence-corrected chi connectivity index (χ2v) is 7.73. The Balaban J connectivity index is 1.44. The Morgan fingerprint density at radius 3 is 2.81 bits per heavy atom. The molecule has 1 aromatic rings. The van der Waals surface area contributed by atoms with E-state index in [1.54, 1.807) is 4.90 Å². The zero-order chi connectivity index (χ0) is 19.0. The number of benzene rings is 1. The first-order valence-corrected chi connectivity index (χ1v) is 9.45. The van der Waals surface area contributed by atoms with Gasteiger partial charge in [0.2, 0.25) is 5.91 Å². The first-order chi connectivity index (χ1) is 13.0. The highest BCUT2D eigenvalue weighted by atomic mass is 16.6. The second-order valence-electron chi connectivity index (χ2n) is 7.73. The summed E-state index contributed by atoms with van der Waals surface area (Å²) in [6.07, 6.45) is 2.01. The van der Waals surface area contributed by atoms with E-state index >= 15 is 0 Å². The van der Waals surface area contributed by atoms with Crippen LogP contribution in [0.1, 0.15) is 30.7 Å². The van der Waals surface area contributed by atoms with Crippen LogP contribution in [0.15, 0.2) is 18.2 Å². The third kappa shape index (κ3) is 3.36. The minimum absolute atomic E-state index is 0.0521. The highest BCUT2D eigenvalue weighted by Crippen LogP contribution is 2.50. The molecular weight excluding hydrogens is 350 g/mol. The van der Waals surface area contributed by atoms with E-state index in [1.165, 1.54) is 7.11 Å². The van der Waals surface area contributed by atoms with Crippen LogP contribution in [0, 0.1) is 11.3 Å². The van der Waals surface area contributed by atoms with Gasteiger partial charge in [0.1, 0.15) is 18.6 Å². The quantitative estimate of drug-likeness (QED) is 0.846. The van der Waals surface area contributed by atoms with Gasteiger partial charge in [-0.3, -0.25) is 9.59 Å². The summed E-state index contributed by atoms with van der Waals surface area (Å²) >= 11 is 0. The molecule has 1 aromatic carbocycles. The van der Waals surface area contributed by atoms with Crippen LogP contribution in [-0.4, -0.2) is 61.9 Å². The zero-order valence-electron chi connectivity index (χ0n) is 15.5. The molecule has 0 aromatic heterocycles. The number of amides is 1. The first-order valence-electron chi connectivity index (χ1n) is 9.45. The van der Waals surface area contributed by atoms with Crippen LogP contribution in [0.25, 0.3) is 0 Å². The van der Waals surface area contributed by atoms with Crippen molar-refractivity contribution in [1.29, 1.82) is 0 Å². The number of carboxylic acid groups (broad SMARTS) is 1. The Hall–Kier alpha value is -2.28. The highest BCUT2D eigenvalue weighted by Gasteiger charge is 2.50. The van der Waals surface area contributed by atoms with E-state index in [0.717, 1.165) is 23.5 Å². The molecular formula is C20H25NO6. The van der Waals surface area contributed by atoms with Crippen LogP contribution >= 0.6 is 0 Å². The fourth-order valence-electron chi connectivity index (χ4n) is 4.31. The third-order valence-electron chi connectivity index (χ3n) is 5.86. The summed E-state index contributed by atoms with van der Waals surface area (Å²) in [5, 5.41) is 9.67. The summed E-state index contributed by atoms with van der Waals surface area (Å²) < 4.78 is 16.3. The average Bonchev–Trinajstić information content (AvgIpc) is 3.48. The number of carboxylic acids is 1. The van der Waals surface area contributed by atoms with Crippen LogP contribution in [0.3, 0.4) is 0 Å². The molecule has 3 aliphatic rings. The summed E-state index contributed by atoms with van der Waals surface area (Å²) in [6.45, 7) is 2.05. The van der Waals surface area contributed by atoms with Gasteiger partial charge in [-0.15, -0.1) is 0 Å². The van der Waals surface area contributed by atoms with Crippen LogP contribution in [0.5, 0.6) is 11.5 Å². The molecule has 1 amide bonds. The Morgan fingerprint density at radius 1 is 1.30 bits per heavy atom. The number of fused-ring (bicyclic) bond motifs is 1. The van der Waals surface area contributed by atoms with Crippen molar-refractivity contribution in [3.8, 4) is 11.5 Å². The molecule has 1 aliphatic carbocycles. The number of ether oxygens (including phenoxy) is 3. The highest BCUT2D eigenvalue weighted by molar-refractivity contribution is 5.84. The predicted molar refractivity (Wildman–Crippen MR) is 96.0 cm³/mol. The van der Waals surface area contributed by atoms with Gasteiger partial charge in [0.05, 0.1) is 6.61 Å². The molecule has 1 N–H and O–H groups in total. The lowest BCUT2D eigenvalue weighted by Gasteiger charge is -2.39. The molecule has 2 fully saturated rings. The SMILES string of the molecule is COCC1(C(=O)O)CCCN(C(=O)C2CC2c2ccc3c(c2)OCCO3)C1. The summed E-state index contributed by atoms with van der Waals surface area (Å²) in [6, 6.07) is 5.86. The van der Waals surface area contributed by atoms with Crippen molar-refractivity contribution in [2.24, 2.45) is 11.3 Å². The van der Waals surface area contributed by atoms with Gasteiger partial charge in [-0.2, -0.15) is 0 Å². The van der Waals surface area contributed by atoms with Gasteiger partial charge < -0.3 is 24.2 Å². The van der Waals surface area contributed by atoms with Gasteiger partial charge in [0, 0.05) is 26.1 Å². The number of nitrogens with zero attached hydrogens (tertiary/aromatic N) is 1. The summed E-state index contributed by atoms with van der Waals surface area (Å²) in [7, 11) is 1.50. The molecule has 146 valence electrons. The molecule has 0 bridgehead atoms. The largest absolute Gasteiger partial charge is 0.486 e. The fourth-order valence-corrected chi connectivity index (χ4v) is 4.31. The van der Waals surface area contributed by atoms with Crippen molar-refractivity contribution in [2.45, 2.75) is 25.2 Å². The van der Waals surface area contributed by atoms with Crippen LogP contribution < -0.4 is 9.47 Å². The summed E-state index contributed by atoms with van der Waals surface area (Å²) in [5.74, 6) is 0.726. The van der Waals surface area contributed by atoms with E-state index in [2.05, 4.69) is 0 Å². The number of methoxy groups -OCH3 is 1. The molecule has 27 heavy (non-hydrogen) atoms. The Kier molecular flexibility index (Phi) is 4.72. The van der Waals surface area contributed by atoms with Crippen molar-refractivity contribution in [2.75, 3.05) is 40.0 Å². The molecule has 0 radical (unpaired) electrons. The summed E-state index contributed by atoms with van der Waals surface area (Å²) in [5.41, 5.74) is 0.0836. The van der Waals surface area contributed by atoms with E-state index in [0.29, 0.717) is 32.6 Å². The lowest BCUT2D eigenvalue weighted by Crippen LogP contribution is -2.52. The second kappa shape index (κ2) is 7.03. The maximum atomic E-state index is 13.0. The number of rotatable bonds is 5. The van der Waals surface area contributed by atoms with Gasteiger partial charge in [-0.05, 0) is 42.9 Å². The molecule has 1 saturated heterocycles. The predicted octanol–water partition coefficient (Wildman–Crippen LogP) is 1.90. The van der Waals surface area contributed by atoms with Gasteiger partial charge in [-0.1, -0.05) is 6.07 Å². The molecule has 1 saturated carbocycles. The fraction of sp³-hybridized carbons (Fsp3) is 0.600. The van der Waals surface area contributed by atoms with Crippen LogP contribution in [0.4, 0.5) is 0 Å². The molecule has 2 aliphatic heterocycles. The number of carbonyl (C=O) groups excluding carboxylic acids is 1.